The molecule has 0 saturated carbocycles. The topological polar surface area (TPSA) is 12.9 Å². The van der Waals surface area contributed by atoms with Gasteiger partial charge < -0.3 is 0 Å². The van der Waals surface area contributed by atoms with Crippen molar-refractivity contribution in [2.24, 2.45) is 0 Å². The Balaban J connectivity index is 2.42. The monoisotopic (exact) mass is 215 g/mol. The van der Waals surface area contributed by atoms with Crippen molar-refractivity contribution in [1.82, 2.24) is 4.98 Å². The molecule has 1 aromatic carbocycles. The average Bonchev–Trinajstić information content (AvgIpc) is 2.30. The van der Waals surface area contributed by atoms with Crippen molar-refractivity contribution in [2.75, 3.05) is 5.75 Å². The molecule has 0 fully saturated rings. The van der Waals surface area contributed by atoms with Crippen LogP contribution in [0.2, 0.25) is 0 Å². The molecule has 15 heavy (non-hydrogen) atoms. The molecular weight excluding hydrogens is 202 g/mol. The van der Waals surface area contributed by atoms with Gasteiger partial charge in [0.05, 0.1) is 0 Å². The van der Waals surface area contributed by atoms with Crippen LogP contribution in [0.5, 0.6) is 0 Å². The maximum atomic E-state index is 4.18. The molecular formula is C13H13NS. The lowest BCUT2D eigenvalue weighted by Crippen LogP contribution is -1.79. The van der Waals surface area contributed by atoms with Crippen LogP contribution in [0.15, 0.2) is 42.7 Å². The van der Waals surface area contributed by atoms with E-state index in [2.05, 4.69) is 48.0 Å². The highest BCUT2D eigenvalue weighted by molar-refractivity contribution is 7.80. The van der Waals surface area contributed by atoms with Crippen LogP contribution in [0, 0.1) is 0 Å². The highest BCUT2D eigenvalue weighted by atomic mass is 32.1. The van der Waals surface area contributed by atoms with Gasteiger partial charge in [0.15, 0.2) is 0 Å². The van der Waals surface area contributed by atoms with Gasteiger partial charge >= 0.3 is 0 Å². The van der Waals surface area contributed by atoms with Crippen LogP contribution in [-0.4, -0.2) is 10.7 Å². The van der Waals surface area contributed by atoms with E-state index in [1.54, 1.807) is 0 Å². The van der Waals surface area contributed by atoms with E-state index < -0.39 is 0 Å². The third-order valence-electron chi connectivity index (χ3n) is 2.31. The van der Waals surface area contributed by atoms with Crippen LogP contribution < -0.4 is 0 Å². The number of aromatic nitrogens is 1. The van der Waals surface area contributed by atoms with Gasteiger partial charge in [0.1, 0.15) is 0 Å². The second kappa shape index (κ2) is 4.99. The van der Waals surface area contributed by atoms with Crippen molar-refractivity contribution in [3.8, 4) is 0 Å². The van der Waals surface area contributed by atoms with Crippen LogP contribution in [-0.2, 0) is 0 Å². The first-order chi connectivity index (χ1) is 7.42. The fourth-order valence-corrected chi connectivity index (χ4v) is 1.72. The van der Waals surface area contributed by atoms with Gasteiger partial charge in [0.25, 0.3) is 0 Å². The number of pyridine rings is 1. The fourth-order valence-electron chi connectivity index (χ4n) is 1.57. The minimum absolute atomic E-state index is 0.888. The summed E-state index contributed by atoms with van der Waals surface area (Å²) < 4.78 is 0. The SMILES string of the molecule is SCCC=Cc1cccc2ccncc12. The molecule has 0 aliphatic rings. The van der Waals surface area contributed by atoms with E-state index in [-0.39, 0.29) is 0 Å². The Morgan fingerprint density at radius 3 is 3.07 bits per heavy atom. The molecule has 1 aromatic heterocycles. The molecule has 0 aliphatic heterocycles. The van der Waals surface area contributed by atoms with E-state index in [0.29, 0.717) is 0 Å². The van der Waals surface area contributed by atoms with Gasteiger partial charge in [-0.25, -0.2) is 0 Å². The van der Waals surface area contributed by atoms with E-state index in [1.165, 1.54) is 16.3 Å². The number of allylic oxidation sites excluding steroid dienone is 1. The lowest BCUT2D eigenvalue weighted by atomic mass is 10.1. The Labute approximate surface area is 95.3 Å². The van der Waals surface area contributed by atoms with Gasteiger partial charge in [0.2, 0.25) is 0 Å². The first-order valence-electron chi connectivity index (χ1n) is 5.02. The van der Waals surface area contributed by atoms with E-state index in [0.717, 1.165) is 12.2 Å². The summed E-state index contributed by atoms with van der Waals surface area (Å²) in [7, 11) is 0. The highest BCUT2D eigenvalue weighted by Gasteiger charge is 1.95. The normalized spacial score (nSPS) is 11.3. The van der Waals surface area contributed by atoms with E-state index in [4.69, 9.17) is 0 Å². The third-order valence-corrected chi connectivity index (χ3v) is 2.57. The number of thiol groups is 1. The number of benzene rings is 1. The van der Waals surface area contributed by atoms with Crippen molar-refractivity contribution in [1.29, 1.82) is 0 Å². The van der Waals surface area contributed by atoms with E-state index in [9.17, 15) is 0 Å². The van der Waals surface area contributed by atoms with Crippen LogP contribution in [0.1, 0.15) is 12.0 Å². The molecule has 0 unspecified atom stereocenters. The maximum Gasteiger partial charge on any atom is 0.0352 e. The summed E-state index contributed by atoms with van der Waals surface area (Å²) in [6.45, 7) is 0. The molecule has 0 N–H and O–H groups in total. The minimum atomic E-state index is 0.888. The molecule has 0 spiro atoms. The summed E-state index contributed by atoms with van der Waals surface area (Å²) in [5.41, 5.74) is 1.22. The average molecular weight is 215 g/mol. The van der Waals surface area contributed by atoms with Crippen molar-refractivity contribution in [2.45, 2.75) is 6.42 Å². The Kier molecular flexibility index (Phi) is 3.41. The summed E-state index contributed by atoms with van der Waals surface area (Å²) in [5.74, 6) is 0.888. The zero-order valence-corrected chi connectivity index (χ0v) is 9.32. The van der Waals surface area contributed by atoms with Crippen molar-refractivity contribution < 1.29 is 0 Å². The van der Waals surface area contributed by atoms with Gasteiger partial charge in [-0.05, 0) is 29.2 Å². The molecule has 0 saturated heterocycles. The predicted molar refractivity (Wildman–Crippen MR) is 69.2 cm³/mol. The van der Waals surface area contributed by atoms with Crippen molar-refractivity contribution in [3.63, 3.8) is 0 Å². The summed E-state index contributed by atoms with van der Waals surface area (Å²) in [6.07, 6.45) is 9.02. The molecule has 2 heteroatoms. The van der Waals surface area contributed by atoms with Gasteiger partial charge in [-0.3, -0.25) is 4.98 Å². The smallest absolute Gasteiger partial charge is 0.0352 e. The zero-order chi connectivity index (χ0) is 10.5. The molecule has 0 aliphatic carbocycles. The number of nitrogens with zero attached hydrogens (tertiary/aromatic N) is 1. The Bertz CT molecular complexity index is 471. The molecule has 2 aromatic rings. The number of fused-ring (bicyclic) bond motifs is 1. The summed E-state index contributed by atoms with van der Waals surface area (Å²) in [5, 5.41) is 2.44. The van der Waals surface area contributed by atoms with Gasteiger partial charge in [0, 0.05) is 17.8 Å². The maximum absolute atomic E-state index is 4.18. The zero-order valence-electron chi connectivity index (χ0n) is 8.43. The molecule has 0 radical (unpaired) electrons. The predicted octanol–water partition coefficient (Wildman–Crippen LogP) is 3.57. The Hall–Kier alpha value is -1.28. The lowest BCUT2D eigenvalue weighted by molar-refractivity contribution is 1.26. The second-order valence-electron chi connectivity index (χ2n) is 3.36. The van der Waals surface area contributed by atoms with Gasteiger partial charge in [-0.1, -0.05) is 30.4 Å². The molecule has 76 valence electrons. The Morgan fingerprint density at radius 1 is 1.27 bits per heavy atom. The Morgan fingerprint density at radius 2 is 2.20 bits per heavy atom. The first-order valence-corrected chi connectivity index (χ1v) is 5.65. The molecule has 0 bridgehead atoms. The number of hydrogen-bond acceptors (Lipinski definition) is 2. The van der Waals surface area contributed by atoms with Gasteiger partial charge in [-0.2, -0.15) is 12.6 Å². The molecule has 0 atom stereocenters. The third kappa shape index (κ3) is 2.39. The standard InChI is InChI=1S/C13H13NS/c15-9-2-1-4-11-5-3-6-12-7-8-14-10-13(11)12/h1,3-8,10,15H,2,9H2. The van der Waals surface area contributed by atoms with E-state index in [1.807, 2.05) is 18.5 Å². The van der Waals surface area contributed by atoms with Crippen molar-refractivity contribution in [3.05, 3.63) is 48.3 Å². The fraction of sp³-hybridized carbons (Fsp3) is 0.154. The largest absolute Gasteiger partial charge is 0.264 e. The lowest BCUT2D eigenvalue weighted by Gasteiger charge is -2.00. The molecule has 2 rings (SSSR count). The molecule has 1 nitrogen and oxygen atoms in total. The van der Waals surface area contributed by atoms with Crippen LogP contribution in [0.25, 0.3) is 16.8 Å². The summed E-state index contributed by atoms with van der Waals surface area (Å²) in [6, 6.07) is 8.32. The summed E-state index contributed by atoms with van der Waals surface area (Å²) >= 11 is 4.18. The van der Waals surface area contributed by atoms with Crippen LogP contribution in [0.4, 0.5) is 0 Å². The quantitative estimate of drug-likeness (QED) is 0.772. The van der Waals surface area contributed by atoms with Crippen LogP contribution >= 0.6 is 12.6 Å². The minimum Gasteiger partial charge on any atom is -0.264 e. The molecule has 0 amide bonds. The summed E-state index contributed by atoms with van der Waals surface area (Å²) in [4.78, 5) is 4.15. The van der Waals surface area contributed by atoms with Crippen molar-refractivity contribution >= 4 is 29.5 Å². The van der Waals surface area contributed by atoms with E-state index >= 15 is 0 Å². The first kappa shape index (κ1) is 10.2. The number of rotatable bonds is 3. The van der Waals surface area contributed by atoms with Gasteiger partial charge in [-0.15, -0.1) is 0 Å². The van der Waals surface area contributed by atoms with Crippen LogP contribution in [0.3, 0.4) is 0 Å². The number of hydrogen-bond donors (Lipinski definition) is 1. The highest BCUT2D eigenvalue weighted by Crippen LogP contribution is 2.18. The molecule has 1 heterocycles. The second-order valence-corrected chi connectivity index (χ2v) is 3.81.